The number of nitrogens with one attached hydrogen (secondary N) is 2. The Balaban J connectivity index is 1.86. The summed E-state index contributed by atoms with van der Waals surface area (Å²) in [6.45, 7) is 0. The zero-order valence-electron chi connectivity index (χ0n) is 14.7. The van der Waals surface area contributed by atoms with Crippen molar-refractivity contribution in [1.29, 1.82) is 0 Å². The van der Waals surface area contributed by atoms with Crippen LogP contribution in [-0.2, 0) is 9.59 Å². The number of methoxy groups -OCH3 is 2. The fourth-order valence-corrected chi connectivity index (χ4v) is 2.98. The standard InChI is InChI=1S/C18H18ClFN2O4S/c1-25-15-8-14(16(26-2)7-11(15)19)22-18(24)10-27-9-17(23)21-13-6-4-3-5-12(13)20/h3-8H,9-10H2,1-2H3,(H,21,23)(H,22,24). The minimum atomic E-state index is -0.516. The number of halogens is 2. The maximum atomic E-state index is 13.5. The molecule has 0 bridgehead atoms. The third kappa shape index (κ3) is 6.04. The van der Waals surface area contributed by atoms with Gasteiger partial charge in [-0.15, -0.1) is 11.8 Å². The zero-order valence-corrected chi connectivity index (χ0v) is 16.2. The monoisotopic (exact) mass is 412 g/mol. The summed E-state index contributed by atoms with van der Waals surface area (Å²) in [5, 5.41) is 5.49. The first kappa shape index (κ1) is 20.9. The van der Waals surface area contributed by atoms with E-state index < -0.39 is 11.7 Å². The highest BCUT2D eigenvalue weighted by molar-refractivity contribution is 8.00. The van der Waals surface area contributed by atoms with Crippen LogP contribution in [-0.4, -0.2) is 37.5 Å². The van der Waals surface area contributed by atoms with Gasteiger partial charge in [0, 0.05) is 12.1 Å². The smallest absolute Gasteiger partial charge is 0.234 e. The molecule has 0 spiro atoms. The molecule has 0 aliphatic heterocycles. The van der Waals surface area contributed by atoms with Crippen LogP contribution in [0.25, 0.3) is 0 Å². The lowest BCUT2D eigenvalue weighted by Gasteiger charge is -2.13. The van der Waals surface area contributed by atoms with Gasteiger partial charge >= 0.3 is 0 Å². The predicted octanol–water partition coefficient (Wildman–Crippen LogP) is 3.81. The molecule has 2 amide bonds. The Hall–Kier alpha value is -2.45. The highest BCUT2D eigenvalue weighted by atomic mass is 35.5. The molecule has 0 radical (unpaired) electrons. The van der Waals surface area contributed by atoms with Crippen LogP contribution >= 0.6 is 23.4 Å². The Morgan fingerprint density at radius 3 is 2.19 bits per heavy atom. The molecule has 0 atom stereocenters. The molecule has 0 aliphatic carbocycles. The largest absolute Gasteiger partial charge is 0.495 e. The van der Waals surface area contributed by atoms with Gasteiger partial charge in [-0.05, 0) is 12.1 Å². The zero-order chi connectivity index (χ0) is 19.8. The summed E-state index contributed by atoms with van der Waals surface area (Å²) in [5.74, 6) is -0.440. The Labute approximate surface area is 165 Å². The maximum absolute atomic E-state index is 13.5. The number of carbonyl (C=O) groups excluding carboxylic acids is 2. The van der Waals surface area contributed by atoms with Gasteiger partial charge in [0.2, 0.25) is 11.8 Å². The van der Waals surface area contributed by atoms with Crippen LogP contribution in [0.2, 0.25) is 5.02 Å². The molecule has 2 N–H and O–H groups in total. The van der Waals surface area contributed by atoms with Gasteiger partial charge in [-0.25, -0.2) is 4.39 Å². The average molecular weight is 413 g/mol. The quantitative estimate of drug-likeness (QED) is 0.689. The minimum absolute atomic E-state index is 0.00281. The van der Waals surface area contributed by atoms with E-state index in [9.17, 15) is 14.0 Å². The fourth-order valence-electron chi connectivity index (χ4n) is 2.13. The van der Waals surface area contributed by atoms with Gasteiger partial charge in [0.25, 0.3) is 0 Å². The molecule has 9 heteroatoms. The van der Waals surface area contributed by atoms with Crippen molar-refractivity contribution < 1.29 is 23.5 Å². The van der Waals surface area contributed by atoms with E-state index in [1.54, 1.807) is 12.1 Å². The summed E-state index contributed by atoms with van der Waals surface area (Å²) in [5.41, 5.74) is 0.505. The van der Waals surface area contributed by atoms with E-state index in [0.717, 1.165) is 11.8 Å². The Morgan fingerprint density at radius 2 is 1.59 bits per heavy atom. The van der Waals surface area contributed by atoms with Crippen LogP contribution in [0.1, 0.15) is 0 Å². The van der Waals surface area contributed by atoms with E-state index in [0.29, 0.717) is 22.2 Å². The lowest BCUT2D eigenvalue weighted by molar-refractivity contribution is -0.114. The van der Waals surface area contributed by atoms with Crippen molar-refractivity contribution in [2.24, 2.45) is 0 Å². The van der Waals surface area contributed by atoms with Gasteiger partial charge < -0.3 is 20.1 Å². The highest BCUT2D eigenvalue weighted by Gasteiger charge is 2.13. The van der Waals surface area contributed by atoms with Gasteiger partial charge in [-0.1, -0.05) is 23.7 Å². The first-order chi connectivity index (χ1) is 12.9. The van der Waals surface area contributed by atoms with Crippen LogP contribution in [0.4, 0.5) is 15.8 Å². The number of thioether (sulfide) groups is 1. The molecule has 2 rings (SSSR count). The minimum Gasteiger partial charge on any atom is -0.495 e. The van der Waals surface area contributed by atoms with Crippen molar-refractivity contribution in [3.63, 3.8) is 0 Å². The van der Waals surface area contributed by atoms with Crippen LogP contribution in [0.3, 0.4) is 0 Å². The second kappa shape index (κ2) is 10.0. The molecule has 0 heterocycles. The summed E-state index contributed by atoms with van der Waals surface area (Å²) in [4.78, 5) is 24.0. The van der Waals surface area contributed by atoms with Crippen molar-refractivity contribution in [2.45, 2.75) is 0 Å². The van der Waals surface area contributed by atoms with Crippen LogP contribution < -0.4 is 20.1 Å². The van der Waals surface area contributed by atoms with Crippen molar-refractivity contribution in [1.82, 2.24) is 0 Å². The maximum Gasteiger partial charge on any atom is 0.234 e. The van der Waals surface area contributed by atoms with E-state index in [-0.39, 0.29) is 23.1 Å². The van der Waals surface area contributed by atoms with Crippen LogP contribution in [0.15, 0.2) is 36.4 Å². The molecule has 0 saturated carbocycles. The molecule has 0 saturated heterocycles. The van der Waals surface area contributed by atoms with Crippen molar-refractivity contribution in [3.05, 3.63) is 47.2 Å². The van der Waals surface area contributed by atoms with Crippen molar-refractivity contribution in [3.8, 4) is 11.5 Å². The molecule has 0 aromatic heterocycles. The van der Waals surface area contributed by atoms with E-state index >= 15 is 0 Å². The fraction of sp³-hybridized carbons (Fsp3) is 0.222. The first-order valence-electron chi connectivity index (χ1n) is 7.78. The molecule has 0 unspecified atom stereocenters. The molecule has 6 nitrogen and oxygen atoms in total. The Morgan fingerprint density at radius 1 is 1.00 bits per heavy atom. The molecule has 2 aromatic carbocycles. The molecule has 27 heavy (non-hydrogen) atoms. The van der Waals surface area contributed by atoms with Gasteiger partial charge in [-0.2, -0.15) is 0 Å². The van der Waals surface area contributed by atoms with Crippen molar-refractivity contribution >= 4 is 46.6 Å². The SMILES string of the molecule is COc1cc(NC(=O)CSCC(=O)Nc2ccccc2F)c(OC)cc1Cl. The predicted molar refractivity (Wildman–Crippen MR) is 106 cm³/mol. The third-order valence-corrected chi connectivity index (χ3v) is 4.59. The summed E-state index contributed by atoms with van der Waals surface area (Å²) >= 11 is 7.12. The summed E-state index contributed by atoms with van der Waals surface area (Å²) < 4.78 is 23.8. The van der Waals surface area contributed by atoms with Crippen LogP contribution in [0.5, 0.6) is 11.5 Å². The van der Waals surface area contributed by atoms with E-state index in [4.69, 9.17) is 21.1 Å². The number of benzene rings is 2. The van der Waals surface area contributed by atoms with Gasteiger partial charge in [0.15, 0.2) is 0 Å². The number of rotatable bonds is 8. The number of carbonyl (C=O) groups is 2. The number of para-hydroxylation sites is 1. The molecule has 144 valence electrons. The highest BCUT2D eigenvalue weighted by Crippen LogP contribution is 2.35. The van der Waals surface area contributed by atoms with Gasteiger partial charge in [0.05, 0.1) is 42.1 Å². The Kier molecular flexibility index (Phi) is 7.75. The third-order valence-electron chi connectivity index (χ3n) is 3.36. The lowest BCUT2D eigenvalue weighted by atomic mass is 10.2. The summed E-state index contributed by atoms with van der Waals surface area (Å²) in [7, 11) is 2.92. The second-order valence-electron chi connectivity index (χ2n) is 5.26. The molecule has 0 fully saturated rings. The lowest BCUT2D eigenvalue weighted by Crippen LogP contribution is -2.19. The first-order valence-corrected chi connectivity index (χ1v) is 9.31. The number of amides is 2. The number of hydrogen-bond donors (Lipinski definition) is 2. The van der Waals surface area contributed by atoms with E-state index in [1.807, 2.05) is 0 Å². The topological polar surface area (TPSA) is 76.7 Å². The molecule has 0 aliphatic rings. The van der Waals surface area contributed by atoms with E-state index in [2.05, 4.69) is 10.6 Å². The second-order valence-corrected chi connectivity index (χ2v) is 6.65. The van der Waals surface area contributed by atoms with Crippen molar-refractivity contribution in [2.75, 3.05) is 36.4 Å². The Bertz CT molecular complexity index is 835. The summed E-state index contributed by atoms with van der Waals surface area (Å²) in [6.07, 6.45) is 0. The average Bonchev–Trinajstić information content (AvgIpc) is 2.64. The molecular weight excluding hydrogens is 395 g/mol. The van der Waals surface area contributed by atoms with Gasteiger partial charge in [-0.3, -0.25) is 9.59 Å². The number of hydrogen-bond acceptors (Lipinski definition) is 5. The van der Waals surface area contributed by atoms with Gasteiger partial charge in [0.1, 0.15) is 17.3 Å². The molecular formula is C18H18ClFN2O4S. The normalized spacial score (nSPS) is 10.2. The number of anilines is 2. The molecule has 2 aromatic rings. The number of ether oxygens (including phenoxy) is 2. The van der Waals surface area contributed by atoms with E-state index in [1.165, 1.54) is 38.5 Å². The van der Waals surface area contributed by atoms with Crippen LogP contribution in [0, 0.1) is 5.82 Å². The summed E-state index contributed by atoms with van der Waals surface area (Å²) in [6, 6.07) is 8.95.